The van der Waals surface area contributed by atoms with Gasteiger partial charge < -0.3 is 5.32 Å². The van der Waals surface area contributed by atoms with Crippen LogP contribution in [0.5, 0.6) is 0 Å². The SMILES string of the molecule is Cc1nsnc1Cn1nnc(C(=O)NCc2cccc(Cl)c2)c1C. The van der Waals surface area contributed by atoms with Crippen LogP contribution in [0, 0.1) is 13.8 Å². The fourth-order valence-electron chi connectivity index (χ4n) is 2.17. The Kier molecular flexibility index (Phi) is 4.86. The van der Waals surface area contributed by atoms with E-state index in [1.54, 1.807) is 10.7 Å². The zero-order valence-corrected chi connectivity index (χ0v) is 14.7. The van der Waals surface area contributed by atoms with Gasteiger partial charge in [0.05, 0.1) is 35.4 Å². The maximum atomic E-state index is 12.3. The molecular weight excluding hydrogens is 348 g/mol. The van der Waals surface area contributed by atoms with E-state index in [1.165, 1.54) is 0 Å². The second kappa shape index (κ2) is 7.06. The van der Waals surface area contributed by atoms with Crippen molar-refractivity contribution in [3.63, 3.8) is 0 Å². The van der Waals surface area contributed by atoms with Gasteiger partial charge in [-0.2, -0.15) is 8.75 Å². The number of amides is 1. The van der Waals surface area contributed by atoms with E-state index in [0.717, 1.165) is 28.7 Å². The quantitative estimate of drug-likeness (QED) is 0.753. The normalized spacial score (nSPS) is 10.8. The predicted octanol–water partition coefficient (Wildman–Crippen LogP) is 2.38. The van der Waals surface area contributed by atoms with Crippen LogP contribution in [-0.2, 0) is 13.1 Å². The molecule has 0 saturated carbocycles. The third-order valence-corrected chi connectivity index (χ3v) is 4.48. The van der Waals surface area contributed by atoms with Gasteiger partial charge in [0, 0.05) is 11.6 Å². The third-order valence-electron chi connectivity index (χ3n) is 3.59. The van der Waals surface area contributed by atoms with E-state index >= 15 is 0 Å². The van der Waals surface area contributed by atoms with Gasteiger partial charge in [0.2, 0.25) is 0 Å². The third kappa shape index (κ3) is 3.60. The molecule has 0 unspecified atom stereocenters. The Morgan fingerprint density at radius 1 is 1.33 bits per heavy atom. The molecule has 0 radical (unpaired) electrons. The summed E-state index contributed by atoms with van der Waals surface area (Å²) in [6.45, 7) is 4.52. The number of carbonyl (C=O) groups excluding carboxylic acids is 1. The van der Waals surface area contributed by atoms with E-state index in [0.29, 0.717) is 29.5 Å². The Morgan fingerprint density at radius 3 is 2.88 bits per heavy atom. The fourth-order valence-corrected chi connectivity index (χ4v) is 2.94. The lowest BCUT2D eigenvalue weighted by atomic mass is 10.2. The van der Waals surface area contributed by atoms with Crippen molar-refractivity contribution in [2.24, 2.45) is 0 Å². The number of rotatable bonds is 5. The Bertz CT molecular complexity index is 874. The molecule has 0 bridgehead atoms. The fraction of sp³-hybridized carbons (Fsp3) is 0.267. The Hall–Kier alpha value is -2.32. The van der Waals surface area contributed by atoms with Crippen molar-refractivity contribution < 1.29 is 4.79 Å². The molecule has 0 fully saturated rings. The molecule has 1 aromatic carbocycles. The molecule has 2 heterocycles. The number of halogens is 1. The number of benzene rings is 1. The van der Waals surface area contributed by atoms with E-state index in [4.69, 9.17) is 11.6 Å². The number of hydrogen-bond acceptors (Lipinski definition) is 6. The van der Waals surface area contributed by atoms with Gasteiger partial charge in [0.25, 0.3) is 5.91 Å². The smallest absolute Gasteiger partial charge is 0.274 e. The first-order valence-electron chi connectivity index (χ1n) is 7.25. The van der Waals surface area contributed by atoms with Gasteiger partial charge in [-0.3, -0.25) is 4.79 Å². The number of hydrogen-bond donors (Lipinski definition) is 1. The van der Waals surface area contributed by atoms with E-state index in [1.807, 2.05) is 32.0 Å². The summed E-state index contributed by atoms with van der Waals surface area (Å²) in [5.41, 5.74) is 3.61. The van der Waals surface area contributed by atoms with Gasteiger partial charge in [0.15, 0.2) is 5.69 Å². The minimum atomic E-state index is -0.271. The van der Waals surface area contributed by atoms with Crippen LogP contribution in [0.1, 0.15) is 33.1 Å². The molecule has 3 rings (SSSR count). The van der Waals surface area contributed by atoms with Crippen LogP contribution < -0.4 is 5.32 Å². The molecule has 0 atom stereocenters. The summed E-state index contributed by atoms with van der Waals surface area (Å²) in [6, 6.07) is 7.34. The highest BCUT2D eigenvalue weighted by atomic mass is 35.5. The van der Waals surface area contributed by atoms with E-state index in [9.17, 15) is 4.79 Å². The topological polar surface area (TPSA) is 85.6 Å². The van der Waals surface area contributed by atoms with Crippen LogP contribution in [0.15, 0.2) is 24.3 Å². The summed E-state index contributed by atoms with van der Waals surface area (Å²) in [5, 5.41) is 11.5. The lowest BCUT2D eigenvalue weighted by Crippen LogP contribution is -2.24. The molecule has 0 spiro atoms. The first-order valence-corrected chi connectivity index (χ1v) is 8.36. The molecule has 0 aliphatic carbocycles. The molecule has 1 N–H and O–H groups in total. The van der Waals surface area contributed by atoms with Crippen LogP contribution in [0.25, 0.3) is 0 Å². The van der Waals surface area contributed by atoms with Crippen molar-refractivity contribution in [1.29, 1.82) is 0 Å². The molecule has 0 aliphatic heterocycles. The van der Waals surface area contributed by atoms with Crippen LogP contribution in [0.2, 0.25) is 5.02 Å². The molecule has 1 amide bonds. The van der Waals surface area contributed by atoms with Gasteiger partial charge in [-0.05, 0) is 31.5 Å². The van der Waals surface area contributed by atoms with E-state index in [-0.39, 0.29) is 5.91 Å². The van der Waals surface area contributed by atoms with Crippen molar-refractivity contribution in [1.82, 2.24) is 29.1 Å². The summed E-state index contributed by atoms with van der Waals surface area (Å²) < 4.78 is 10.0. The minimum absolute atomic E-state index is 0.271. The number of nitrogens with zero attached hydrogens (tertiary/aromatic N) is 5. The van der Waals surface area contributed by atoms with Gasteiger partial charge in [-0.15, -0.1) is 5.10 Å². The molecule has 24 heavy (non-hydrogen) atoms. The second-order valence-corrected chi connectivity index (χ2v) is 6.25. The molecule has 3 aromatic rings. The Labute approximate surface area is 148 Å². The number of carbonyl (C=O) groups is 1. The van der Waals surface area contributed by atoms with Gasteiger partial charge >= 0.3 is 0 Å². The summed E-state index contributed by atoms with van der Waals surface area (Å²) in [6.07, 6.45) is 0. The maximum absolute atomic E-state index is 12.3. The highest BCUT2D eigenvalue weighted by Gasteiger charge is 2.17. The Morgan fingerprint density at radius 2 is 2.17 bits per heavy atom. The van der Waals surface area contributed by atoms with E-state index in [2.05, 4.69) is 24.4 Å². The van der Waals surface area contributed by atoms with Crippen molar-refractivity contribution in [2.75, 3.05) is 0 Å². The monoisotopic (exact) mass is 362 g/mol. The van der Waals surface area contributed by atoms with Crippen LogP contribution in [-0.4, -0.2) is 29.6 Å². The second-order valence-electron chi connectivity index (χ2n) is 5.29. The van der Waals surface area contributed by atoms with Gasteiger partial charge in [0.1, 0.15) is 0 Å². The summed E-state index contributed by atoms with van der Waals surface area (Å²) in [7, 11) is 0. The van der Waals surface area contributed by atoms with Crippen molar-refractivity contribution in [3.8, 4) is 0 Å². The predicted molar refractivity (Wildman–Crippen MR) is 91.1 cm³/mol. The number of nitrogens with one attached hydrogen (secondary N) is 1. The lowest BCUT2D eigenvalue weighted by molar-refractivity contribution is 0.0945. The van der Waals surface area contributed by atoms with Crippen molar-refractivity contribution >= 4 is 29.2 Å². The Balaban J connectivity index is 1.68. The molecule has 0 aliphatic rings. The van der Waals surface area contributed by atoms with Crippen LogP contribution >= 0.6 is 23.3 Å². The van der Waals surface area contributed by atoms with E-state index < -0.39 is 0 Å². The van der Waals surface area contributed by atoms with Crippen molar-refractivity contribution in [2.45, 2.75) is 26.9 Å². The zero-order chi connectivity index (χ0) is 17.1. The van der Waals surface area contributed by atoms with Gasteiger partial charge in [-0.1, -0.05) is 28.9 Å². The van der Waals surface area contributed by atoms with Crippen LogP contribution in [0.3, 0.4) is 0 Å². The summed E-state index contributed by atoms with van der Waals surface area (Å²) >= 11 is 7.10. The largest absolute Gasteiger partial charge is 0.347 e. The van der Waals surface area contributed by atoms with Crippen LogP contribution in [0.4, 0.5) is 0 Å². The summed E-state index contributed by atoms with van der Waals surface area (Å²) in [4.78, 5) is 12.3. The highest BCUT2D eigenvalue weighted by molar-refractivity contribution is 6.99. The first kappa shape index (κ1) is 16.5. The maximum Gasteiger partial charge on any atom is 0.274 e. The first-order chi connectivity index (χ1) is 11.5. The molecule has 0 saturated heterocycles. The molecular formula is C15H15ClN6OS. The number of aromatic nitrogens is 5. The van der Waals surface area contributed by atoms with Gasteiger partial charge in [-0.25, -0.2) is 4.68 Å². The molecule has 124 valence electrons. The zero-order valence-electron chi connectivity index (χ0n) is 13.2. The summed E-state index contributed by atoms with van der Waals surface area (Å²) in [5.74, 6) is -0.271. The average molecular weight is 363 g/mol. The highest BCUT2D eigenvalue weighted by Crippen LogP contribution is 2.12. The number of aryl methyl sites for hydroxylation is 1. The lowest BCUT2D eigenvalue weighted by Gasteiger charge is -2.05. The molecule has 7 nitrogen and oxygen atoms in total. The van der Waals surface area contributed by atoms with Crippen molar-refractivity contribution in [3.05, 3.63) is 57.6 Å². The average Bonchev–Trinajstić information content (AvgIpc) is 3.12. The molecule has 9 heteroatoms. The standard InChI is InChI=1S/C15H15ClN6OS/c1-9-13(20-24-19-9)8-22-10(2)14(18-21-22)15(23)17-7-11-4-3-5-12(16)6-11/h3-6H,7-8H2,1-2H3,(H,17,23). The molecule has 2 aromatic heterocycles. The minimum Gasteiger partial charge on any atom is -0.347 e.